The summed E-state index contributed by atoms with van der Waals surface area (Å²) in [5, 5.41) is 0. The first-order chi connectivity index (χ1) is 18.7. The van der Waals surface area contributed by atoms with Crippen LogP contribution in [0.5, 0.6) is 0 Å². The molecule has 5 aliphatic rings. The molecule has 0 aromatic carbocycles. The third-order valence-electron chi connectivity index (χ3n) is 10.3. The molecule has 0 N–H and O–H groups in total. The van der Waals surface area contributed by atoms with Gasteiger partial charge in [0.25, 0.3) is 0 Å². The van der Waals surface area contributed by atoms with Gasteiger partial charge >= 0.3 is 23.9 Å². The summed E-state index contributed by atoms with van der Waals surface area (Å²) in [6.45, 7) is 8.22. The van der Waals surface area contributed by atoms with Crippen LogP contribution in [0.25, 0.3) is 0 Å². The first-order valence-corrected chi connectivity index (χ1v) is 13.3. The van der Waals surface area contributed by atoms with E-state index in [1.165, 1.54) is 32.6 Å². The van der Waals surface area contributed by atoms with Gasteiger partial charge in [-0.25, -0.2) is 9.59 Å². The Morgan fingerprint density at radius 1 is 1.10 bits per heavy atom. The summed E-state index contributed by atoms with van der Waals surface area (Å²) < 4.78 is 34.1. The fourth-order valence-electron chi connectivity index (χ4n) is 8.87. The number of ketones is 1. The topological polar surface area (TPSA) is 148 Å². The maximum atomic E-state index is 14.5. The standard InChI is InChI=1S/C29H32O11/c1-14(30)37-16-12-26(4)21(15-8-10-36-13-15)38-23(33)22-29(26,39-22)27(5)18(31)11-17-25(2,3)40-24(34)28(17,20(16)27)9-7-19(32)35-6/h7-10,13,16-17,20-22H,11-12H2,1-6H3/t16-,17?,20?,21+,22-,26+,27-,28+,29-/m1/s1. The Kier molecular flexibility index (Phi) is 5.38. The van der Waals surface area contributed by atoms with Gasteiger partial charge in [-0.2, -0.15) is 0 Å². The molecule has 0 amide bonds. The van der Waals surface area contributed by atoms with Crippen molar-refractivity contribution in [3.63, 3.8) is 0 Å². The number of esters is 4. The van der Waals surface area contributed by atoms with Gasteiger partial charge < -0.3 is 28.1 Å². The lowest BCUT2D eigenvalue weighted by Crippen LogP contribution is -2.74. The predicted molar refractivity (Wildman–Crippen MR) is 132 cm³/mol. The zero-order chi connectivity index (χ0) is 29.0. The minimum absolute atomic E-state index is 0.0913. The number of hydrogen-bond acceptors (Lipinski definition) is 11. The Labute approximate surface area is 230 Å². The number of epoxide rings is 1. The highest BCUT2D eigenvalue weighted by atomic mass is 16.7. The Balaban J connectivity index is 1.63. The number of carbonyl (C=O) groups excluding carboxylic acids is 5. The van der Waals surface area contributed by atoms with Gasteiger partial charge in [-0.1, -0.05) is 13.0 Å². The van der Waals surface area contributed by atoms with Crippen LogP contribution in [-0.2, 0) is 47.7 Å². The minimum Gasteiger partial charge on any atom is -0.472 e. The molecule has 0 bridgehead atoms. The Bertz CT molecular complexity index is 1360. The lowest BCUT2D eigenvalue weighted by molar-refractivity contribution is -0.235. The average Bonchev–Trinajstić information content (AvgIpc) is 3.38. The molecule has 3 saturated heterocycles. The number of cyclic esters (lactones) is 2. The van der Waals surface area contributed by atoms with Crippen LogP contribution in [0.4, 0.5) is 0 Å². The van der Waals surface area contributed by atoms with Crippen LogP contribution in [0.3, 0.4) is 0 Å². The summed E-state index contributed by atoms with van der Waals surface area (Å²) in [4.78, 5) is 66.7. The van der Waals surface area contributed by atoms with Crippen LogP contribution < -0.4 is 0 Å². The molecule has 3 aliphatic heterocycles. The monoisotopic (exact) mass is 556 g/mol. The maximum Gasteiger partial charge on any atom is 0.339 e. The van der Waals surface area contributed by atoms with Crippen LogP contribution in [-0.4, -0.2) is 60.2 Å². The van der Waals surface area contributed by atoms with Gasteiger partial charge in [0.05, 0.1) is 25.1 Å². The van der Waals surface area contributed by atoms with Crippen LogP contribution in [0.1, 0.15) is 59.1 Å². The lowest BCUT2D eigenvalue weighted by Gasteiger charge is -2.64. The summed E-state index contributed by atoms with van der Waals surface area (Å²) in [6.07, 6.45) is 2.54. The van der Waals surface area contributed by atoms with Crippen LogP contribution in [0.15, 0.2) is 35.2 Å². The normalized spacial score (nSPS) is 44.5. The van der Waals surface area contributed by atoms with Crippen LogP contribution in [0, 0.1) is 28.1 Å². The molecule has 214 valence electrons. The number of rotatable bonds is 4. The molecule has 0 radical (unpaired) electrons. The van der Waals surface area contributed by atoms with E-state index < -0.39 is 81.5 Å². The molecule has 11 heteroatoms. The average molecular weight is 557 g/mol. The third-order valence-corrected chi connectivity index (χ3v) is 10.3. The van der Waals surface area contributed by atoms with E-state index in [-0.39, 0.29) is 18.6 Å². The molecule has 1 aromatic heterocycles. The quantitative estimate of drug-likeness (QED) is 0.233. The molecule has 4 heterocycles. The van der Waals surface area contributed by atoms with Crippen molar-refractivity contribution in [1.82, 2.24) is 0 Å². The lowest BCUT2D eigenvalue weighted by atomic mass is 9.37. The Hall–Kier alpha value is -3.47. The second-order valence-electron chi connectivity index (χ2n) is 12.5. The molecule has 1 aromatic rings. The van der Waals surface area contributed by atoms with Crippen molar-refractivity contribution in [3.05, 3.63) is 36.3 Å². The van der Waals surface area contributed by atoms with Crippen molar-refractivity contribution < 1.29 is 52.1 Å². The number of Topliss-reactive ketones (excluding diaryl/α,β-unsaturated/α-hetero) is 1. The molecule has 11 nitrogen and oxygen atoms in total. The van der Waals surface area contributed by atoms with Gasteiger partial charge in [0.15, 0.2) is 6.10 Å². The molecular weight excluding hydrogens is 524 g/mol. The van der Waals surface area contributed by atoms with E-state index in [0.29, 0.717) is 5.56 Å². The molecule has 9 atom stereocenters. The second kappa shape index (κ2) is 8.05. The number of fused-ring (bicyclic) bond motifs is 3. The Morgan fingerprint density at radius 2 is 1.82 bits per heavy atom. The largest absolute Gasteiger partial charge is 0.472 e. The summed E-state index contributed by atoms with van der Waals surface area (Å²) in [7, 11) is 1.21. The highest BCUT2D eigenvalue weighted by Crippen LogP contribution is 2.79. The molecular formula is C29H32O11. The van der Waals surface area contributed by atoms with Gasteiger partial charge in [-0.3, -0.25) is 14.4 Å². The smallest absolute Gasteiger partial charge is 0.339 e. The van der Waals surface area contributed by atoms with E-state index in [0.717, 1.165) is 6.08 Å². The number of hydrogen-bond donors (Lipinski definition) is 0. The summed E-state index contributed by atoms with van der Waals surface area (Å²) >= 11 is 0. The molecule has 6 rings (SSSR count). The minimum atomic E-state index is -1.57. The van der Waals surface area contributed by atoms with Crippen LogP contribution >= 0.6 is 0 Å². The third kappa shape index (κ3) is 2.96. The highest BCUT2D eigenvalue weighted by molar-refractivity contribution is 5.97. The fraction of sp³-hybridized carbons (Fsp3) is 0.621. The summed E-state index contributed by atoms with van der Waals surface area (Å²) in [5.74, 6) is -4.56. The number of furan rings is 1. The zero-order valence-electron chi connectivity index (χ0n) is 23.2. The fourth-order valence-corrected chi connectivity index (χ4v) is 8.87. The van der Waals surface area contributed by atoms with Crippen molar-refractivity contribution in [2.75, 3.05) is 7.11 Å². The molecule has 40 heavy (non-hydrogen) atoms. The van der Waals surface area contributed by atoms with Crippen molar-refractivity contribution in [1.29, 1.82) is 0 Å². The summed E-state index contributed by atoms with van der Waals surface area (Å²) in [6, 6.07) is 1.67. The first-order valence-electron chi connectivity index (χ1n) is 13.3. The zero-order valence-corrected chi connectivity index (χ0v) is 23.2. The van der Waals surface area contributed by atoms with Crippen molar-refractivity contribution in [3.8, 4) is 0 Å². The van der Waals surface area contributed by atoms with E-state index in [1.54, 1.807) is 26.8 Å². The predicted octanol–water partition coefficient (Wildman–Crippen LogP) is 2.62. The van der Waals surface area contributed by atoms with E-state index in [4.69, 9.17) is 28.1 Å². The van der Waals surface area contributed by atoms with Crippen molar-refractivity contribution in [2.45, 2.75) is 77.0 Å². The summed E-state index contributed by atoms with van der Waals surface area (Å²) in [5.41, 5.74) is -6.06. The molecule has 2 unspecified atom stereocenters. The molecule has 2 aliphatic carbocycles. The molecule has 1 spiro atoms. The SMILES string of the molecule is COC(=O)C=C[C@]12C(=O)OC(C)(C)C1CC(=O)[C@]1(C)C2[C@H](OC(C)=O)C[C@@]2(C)[C@H](c3ccoc3)OC(=O)[C@H]3O[C@]321. The van der Waals surface area contributed by atoms with Gasteiger partial charge in [0.2, 0.25) is 0 Å². The van der Waals surface area contributed by atoms with Gasteiger partial charge in [-0.05, 0) is 33.3 Å². The van der Waals surface area contributed by atoms with Crippen molar-refractivity contribution >= 4 is 29.7 Å². The second-order valence-corrected chi connectivity index (χ2v) is 12.5. The van der Waals surface area contributed by atoms with E-state index >= 15 is 0 Å². The van der Waals surface area contributed by atoms with Crippen LogP contribution in [0.2, 0.25) is 0 Å². The Morgan fingerprint density at radius 3 is 2.45 bits per heavy atom. The maximum absolute atomic E-state index is 14.5. The van der Waals surface area contributed by atoms with Gasteiger partial charge in [0.1, 0.15) is 34.6 Å². The number of ether oxygens (including phenoxy) is 5. The first kappa shape index (κ1) is 26.7. The van der Waals surface area contributed by atoms with Crippen molar-refractivity contribution in [2.24, 2.45) is 28.1 Å². The van der Waals surface area contributed by atoms with E-state index in [2.05, 4.69) is 0 Å². The number of methoxy groups -OCH3 is 1. The molecule has 2 saturated carbocycles. The van der Waals surface area contributed by atoms with Gasteiger partial charge in [-0.15, -0.1) is 0 Å². The highest BCUT2D eigenvalue weighted by Gasteiger charge is 2.91. The van der Waals surface area contributed by atoms with Gasteiger partial charge in [0, 0.05) is 42.2 Å². The molecule has 5 fully saturated rings. The number of carbonyl (C=O) groups is 5. The van der Waals surface area contributed by atoms with E-state index in [9.17, 15) is 24.0 Å². The van der Waals surface area contributed by atoms with E-state index in [1.807, 2.05) is 6.92 Å².